The molecule has 1 atom stereocenters. The molecule has 0 saturated heterocycles. The maximum atomic E-state index is 13.3. The van der Waals surface area contributed by atoms with Gasteiger partial charge >= 0.3 is 0 Å². The zero-order chi connectivity index (χ0) is 15.2. The van der Waals surface area contributed by atoms with Crippen LogP contribution in [0, 0.1) is 5.82 Å². The predicted octanol–water partition coefficient (Wildman–Crippen LogP) is 4.73. The van der Waals surface area contributed by atoms with Gasteiger partial charge in [0.15, 0.2) is 0 Å². The van der Waals surface area contributed by atoms with Crippen LogP contribution >= 0.6 is 11.6 Å². The highest BCUT2D eigenvalue weighted by atomic mass is 35.5. The molecule has 2 aromatic rings. The van der Waals surface area contributed by atoms with Gasteiger partial charge < -0.3 is 10.1 Å². The Kier molecular flexibility index (Phi) is 5.59. The lowest BCUT2D eigenvalue weighted by Crippen LogP contribution is -2.18. The van der Waals surface area contributed by atoms with Gasteiger partial charge in [-0.05, 0) is 55.3 Å². The van der Waals surface area contributed by atoms with Gasteiger partial charge in [0.05, 0.1) is 6.61 Å². The van der Waals surface area contributed by atoms with Crippen molar-refractivity contribution in [3.63, 3.8) is 0 Å². The molecule has 112 valence electrons. The van der Waals surface area contributed by atoms with Crippen molar-refractivity contribution in [3.8, 4) is 5.75 Å². The summed E-state index contributed by atoms with van der Waals surface area (Å²) in [4.78, 5) is 0. The molecular formula is C17H19ClFNO. The van der Waals surface area contributed by atoms with E-state index < -0.39 is 0 Å². The summed E-state index contributed by atoms with van der Waals surface area (Å²) in [6, 6.07) is 12.7. The lowest BCUT2D eigenvalue weighted by molar-refractivity contribution is 0.340. The largest absolute Gasteiger partial charge is 0.494 e. The molecule has 0 bridgehead atoms. The smallest absolute Gasteiger partial charge is 0.125 e. The standard InChI is InChI=1S/C17H19ClFNO/c1-3-21-17-6-4-14(5-7-17)12(2)20-11-13-8-15(18)10-16(19)9-13/h4-10,12,20H,3,11H2,1-2H3. The van der Waals surface area contributed by atoms with Crippen molar-refractivity contribution in [2.75, 3.05) is 6.61 Å². The highest BCUT2D eigenvalue weighted by molar-refractivity contribution is 6.30. The lowest BCUT2D eigenvalue weighted by atomic mass is 10.1. The molecule has 0 radical (unpaired) electrons. The summed E-state index contributed by atoms with van der Waals surface area (Å²) in [7, 11) is 0. The van der Waals surface area contributed by atoms with E-state index in [1.807, 2.05) is 31.2 Å². The second-order valence-electron chi connectivity index (χ2n) is 4.88. The summed E-state index contributed by atoms with van der Waals surface area (Å²) < 4.78 is 18.7. The van der Waals surface area contributed by atoms with E-state index in [4.69, 9.17) is 16.3 Å². The summed E-state index contributed by atoms with van der Waals surface area (Å²) in [5.41, 5.74) is 1.98. The SMILES string of the molecule is CCOc1ccc(C(C)NCc2cc(F)cc(Cl)c2)cc1. The number of benzene rings is 2. The molecule has 1 unspecified atom stereocenters. The van der Waals surface area contributed by atoms with Gasteiger partial charge in [0.2, 0.25) is 0 Å². The van der Waals surface area contributed by atoms with Crippen LogP contribution in [0.25, 0.3) is 0 Å². The number of hydrogen-bond donors (Lipinski definition) is 1. The normalized spacial score (nSPS) is 12.2. The Morgan fingerprint density at radius 2 is 1.90 bits per heavy atom. The maximum Gasteiger partial charge on any atom is 0.125 e. The van der Waals surface area contributed by atoms with Crippen LogP contribution in [-0.4, -0.2) is 6.61 Å². The van der Waals surface area contributed by atoms with Gasteiger partial charge in [0.1, 0.15) is 11.6 Å². The third-order valence-corrected chi connectivity index (χ3v) is 3.44. The van der Waals surface area contributed by atoms with E-state index in [1.54, 1.807) is 6.07 Å². The van der Waals surface area contributed by atoms with Crippen molar-refractivity contribution < 1.29 is 9.13 Å². The number of ether oxygens (including phenoxy) is 1. The minimum absolute atomic E-state index is 0.155. The molecule has 0 fully saturated rings. The Bertz CT molecular complexity index is 566. The van der Waals surface area contributed by atoms with Crippen LogP contribution in [0.3, 0.4) is 0 Å². The maximum absolute atomic E-state index is 13.3. The van der Waals surface area contributed by atoms with Crippen LogP contribution in [0.1, 0.15) is 31.0 Å². The van der Waals surface area contributed by atoms with Crippen molar-refractivity contribution >= 4 is 11.6 Å². The molecule has 0 aliphatic rings. The topological polar surface area (TPSA) is 21.3 Å². The Morgan fingerprint density at radius 1 is 1.19 bits per heavy atom. The van der Waals surface area contributed by atoms with Gasteiger partial charge in [0.25, 0.3) is 0 Å². The Labute approximate surface area is 129 Å². The Hall–Kier alpha value is -1.58. The molecule has 0 aliphatic heterocycles. The van der Waals surface area contributed by atoms with Crippen molar-refractivity contribution in [1.82, 2.24) is 5.32 Å². The zero-order valence-electron chi connectivity index (χ0n) is 12.2. The van der Waals surface area contributed by atoms with E-state index in [9.17, 15) is 4.39 Å². The number of rotatable bonds is 6. The number of halogens is 2. The van der Waals surface area contributed by atoms with Crippen molar-refractivity contribution in [2.24, 2.45) is 0 Å². The molecule has 0 heterocycles. The first kappa shape index (κ1) is 15.8. The average molecular weight is 308 g/mol. The van der Waals surface area contributed by atoms with Crippen molar-refractivity contribution in [3.05, 3.63) is 64.4 Å². The van der Waals surface area contributed by atoms with Crippen molar-refractivity contribution in [1.29, 1.82) is 0 Å². The van der Waals surface area contributed by atoms with Gasteiger partial charge in [-0.3, -0.25) is 0 Å². The number of nitrogens with one attached hydrogen (secondary N) is 1. The highest BCUT2D eigenvalue weighted by Gasteiger charge is 2.06. The third kappa shape index (κ3) is 4.73. The van der Waals surface area contributed by atoms with Crippen LogP contribution in [-0.2, 0) is 6.54 Å². The van der Waals surface area contributed by atoms with Gasteiger partial charge in [-0.15, -0.1) is 0 Å². The molecule has 4 heteroatoms. The van der Waals surface area contributed by atoms with E-state index in [2.05, 4.69) is 12.2 Å². The molecule has 0 aromatic heterocycles. The van der Waals surface area contributed by atoms with Gasteiger partial charge in [-0.2, -0.15) is 0 Å². The van der Waals surface area contributed by atoms with E-state index >= 15 is 0 Å². The van der Waals surface area contributed by atoms with Crippen LogP contribution in [0.4, 0.5) is 4.39 Å². The predicted molar refractivity (Wildman–Crippen MR) is 84.3 cm³/mol. The average Bonchev–Trinajstić information content (AvgIpc) is 2.45. The highest BCUT2D eigenvalue weighted by Crippen LogP contribution is 2.19. The van der Waals surface area contributed by atoms with Crippen LogP contribution in [0.5, 0.6) is 5.75 Å². The third-order valence-electron chi connectivity index (χ3n) is 3.23. The molecule has 21 heavy (non-hydrogen) atoms. The lowest BCUT2D eigenvalue weighted by Gasteiger charge is -2.15. The molecule has 0 saturated carbocycles. The fourth-order valence-electron chi connectivity index (χ4n) is 2.12. The summed E-state index contributed by atoms with van der Waals surface area (Å²) >= 11 is 5.85. The zero-order valence-corrected chi connectivity index (χ0v) is 13.0. The van der Waals surface area contributed by atoms with Gasteiger partial charge in [-0.1, -0.05) is 23.7 Å². The van der Waals surface area contributed by atoms with Gasteiger partial charge in [0, 0.05) is 17.6 Å². The molecule has 0 aliphatic carbocycles. The minimum Gasteiger partial charge on any atom is -0.494 e. The van der Waals surface area contributed by atoms with E-state index in [-0.39, 0.29) is 11.9 Å². The quantitative estimate of drug-likeness (QED) is 0.833. The monoisotopic (exact) mass is 307 g/mol. The molecule has 2 rings (SSSR count). The van der Waals surface area contributed by atoms with Crippen molar-refractivity contribution in [2.45, 2.75) is 26.4 Å². The molecule has 1 N–H and O–H groups in total. The second-order valence-corrected chi connectivity index (χ2v) is 5.32. The Morgan fingerprint density at radius 3 is 2.52 bits per heavy atom. The van der Waals surface area contributed by atoms with E-state index in [0.717, 1.165) is 16.9 Å². The fourth-order valence-corrected chi connectivity index (χ4v) is 2.37. The summed E-state index contributed by atoms with van der Waals surface area (Å²) in [5.74, 6) is 0.554. The van der Waals surface area contributed by atoms with E-state index in [1.165, 1.54) is 12.1 Å². The van der Waals surface area contributed by atoms with Crippen LogP contribution in [0.15, 0.2) is 42.5 Å². The van der Waals surface area contributed by atoms with Gasteiger partial charge in [-0.25, -0.2) is 4.39 Å². The summed E-state index contributed by atoms with van der Waals surface area (Å²) in [6.45, 7) is 5.25. The molecular weight excluding hydrogens is 289 g/mol. The van der Waals surface area contributed by atoms with E-state index in [0.29, 0.717) is 18.2 Å². The Balaban J connectivity index is 1.96. The first-order valence-corrected chi connectivity index (χ1v) is 7.37. The summed E-state index contributed by atoms with van der Waals surface area (Å²) in [5, 5.41) is 3.77. The first-order chi connectivity index (χ1) is 10.1. The molecule has 0 spiro atoms. The number of hydrogen-bond acceptors (Lipinski definition) is 2. The van der Waals surface area contributed by atoms with Crippen LogP contribution < -0.4 is 10.1 Å². The molecule has 0 amide bonds. The first-order valence-electron chi connectivity index (χ1n) is 6.99. The fraction of sp³-hybridized carbons (Fsp3) is 0.294. The minimum atomic E-state index is -0.312. The second kappa shape index (κ2) is 7.43. The molecule has 2 nitrogen and oxygen atoms in total. The summed E-state index contributed by atoms with van der Waals surface area (Å²) in [6.07, 6.45) is 0. The molecule has 2 aromatic carbocycles. The van der Waals surface area contributed by atoms with Crippen LogP contribution in [0.2, 0.25) is 5.02 Å².